The van der Waals surface area contributed by atoms with E-state index in [0.29, 0.717) is 12.3 Å². The molecule has 5 nitrogen and oxygen atoms in total. The van der Waals surface area contributed by atoms with Crippen LogP contribution >= 0.6 is 0 Å². The van der Waals surface area contributed by atoms with Crippen molar-refractivity contribution in [3.63, 3.8) is 0 Å². The van der Waals surface area contributed by atoms with Crippen LogP contribution in [0, 0.1) is 0 Å². The van der Waals surface area contributed by atoms with Gasteiger partial charge in [-0.25, -0.2) is 0 Å². The third kappa shape index (κ3) is 4.63. The molecule has 0 spiro atoms. The quantitative estimate of drug-likeness (QED) is 0.812. The lowest BCUT2D eigenvalue weighted by molar-refractivity contribution is -0.119. The predicted octanol–water partition coefficient (Wildman–Crippen LogP) is 3.21. The average molecular weight is 352 g/mol. The van der Waals surface area contributed by atoms with Crippen LogP contribution in [-0.2, 0) is 16.0 Å². The number of amides is 2. The third-order valence-corrected chi connectivity index (χ3v) is 4.87. The first kappa shape index (κ1) is 18.0. The van der Waals surface area contributed by atoms with E-state index in [9.17, 15) is 9.59 Å². The second-order valence-electron chi connectivity index (χ2n) is 6.61. The van der Waals surface area contributed by atoms with Gasteiger partial charge in [-0.3, -0.25) is 9.59 Å². The van der Waals surface area contributed by atoms with Gasteiger partial charge in [0.1, 0.15) is 5.75 Å². The lowest BCUT2D eigenvalue weighted by Gasteiger charge is -2.29. The number of carbonyl (C=O) groups excluding carboxylic acids is 2. The van der Waals surface area contributed by atoms with E-state index in [-0.39, 0.29) is 5.91 Å². The summed E-state index contributed by atoms with van der Waals surface area (Å²) in [6.07, 6.45) is 3.23. The molecule has 2 amide bonds. The van der Waals surface area contributed by atoms with Crippen LogP contribution in [0.3, 0.4) is 0 Å². The zero-order chi connectivity index (χ0) is 18.4. The zero-order valence-electron chi connectivity index (χ0n) is 15.0. The van der Waals surface area contributed by atoms with E-state index in [1.807, 2.05) is 41.3 Å². The molecule has 2 aromatic carbocycles. The monoisotopic (exact) mass is 352 g/mol. The Morgan fingerprint density at radius 1 is 1.12 bits per heavy atom. The van der Waals surface area contributed by atoms with E-state index in [1.165, 1.54) is 5.56 Å². The van der Waals surface area contributed by atoms with Crippen molar-refractivity contribution in [1.82, 2.24) is 4.90 Å². The topological polar surface area (TPSA) is 58.6 Å². The molecule has 5 heteroatoms. The van der Waals surface area contributed by atoms with Crippen molar-refractivity contribution in [1.29, 1.82) is 0 Å². The van der Waals surface area contributed by atoms with Gasteiger partial charge < -0.3 is 15.0 Å². The number of anilines is 1. The Hall–Kier alpha value is -2.82. The molecule has 1 aliphatic heterocycles. The molecule has 1 heterocycles. The Morgan fingerprint density at radius 3 is 2.35 bits per heavy atom. The lowest BCUT2D eigenvalue weighted by atomic mass is 9.89. The fraction of sp³-hybridized carbons (Fsp3) is 0.333. The van der Waals surface area contributed by atoms with E-state index in [0.717, 1.165) is 49.3 Å². The fourth-order valence-corrected chi connectivity index (χ4v) is 3.31. The number of ether oxygens (including phenoxy) is 1. The second kappa shape index (κ2) is 8.52. The van der Waals surface area contributed by atoms with Gasteiger partial charge in [-0.15, -0.1) is 0 Å². The van der Waals surface area contributed by atoms with Crippen molar-refractivity contribution in [2.45, 2.75) is 25.2 Å². The largest absolute Gasteiger partial charge is 0.497 e. The summed E-state index contributed by atoms with van der Waals surface area (Å²) in [6, 6.07) is 15.6. The molecule has 0 aromatic heterocycles. The molecule has 1 N–H and O–H groups in total. The zero-order valence-corrected chi connectivity index (χ0v) is 15.0. The van der Waals surface area contributed by atoms with Gasteiger partial charge in [-0.1, -0.05) is 24.3 Å². The molecule has 26 heavy (non-hydrogen) atoms. The maximum Gasteiger partial charge on any atom is 0.228 e. The molecule has 1 fully saturated rings. The van der Waals surface area contributed by atoms with Crippen molar-refractivity contribution in [2.75, 3.05) is 25.5 Å². The van der Waals surface area contributed by atoms with Crippen LogP contribution in [0.1, 0.15) is 29.9 Å². The highest BCUT2D eigenvalue weighted by Gasteiger charge is 2.19. The van der Waals surface area contributed by atoms with Crippen LogP contribution < -0.4 is 10.1 Å². The Bertz CT molecular complexity index is 733. The van der Waals surface area contributed by atoms with Crippen molar-refractivity contribution in [2.24, 2.45) is 0 Å². The third-order valence-electron chi connectivity index (χ3n) is 4.87. The number of rotatable bonds is 6. The summed E-state index contributed by atoms with van der Waals surface area (Å²) < 4.78 is 5.12. The summed E-state index contributed by atoms with van der Waals surface area (Å²) in [6.45, 7) is 1.63. The van der Waals surface area contributed by atoms with E-state index >= 15 is 0 Å². The number of methoxy groups -OCH3 is 1. The minimum atomic E-state index is -0.0396. The number of nitrogens with zero attached hydrogens (tertiary/aromatic N) is 1. The summed E-state index contributed by atoms with van der Waals surface area (Å²) >= 11 is 0. The number of piperidine rings is 1. The molecule has 0 unspecified atom stereocenters. The van der Waals surface area contributed by atoms with Gasteiger partial charge in [0.15, 0.2) is 0 Å². The Balaban J connectivity index is 1.53. The second-order valence-corrected chi connectivity index (χ2v) is 6.61. The number of nitrogens with one attached hydrogen (secondary N) is 1. The van der Waals surface area contributed by atoms with Gasteiger partial charge in [0.05, 0.1) is 13.5 Å². The summed E-state index contributed by atoms with van der Waals surface area (Å²) in [7, 11) is 1.62. The van der Waals surface area contributed by atoms with Crippen LogP contribution in [0.4, 0.5) is 5.69 Å². The molecular formula is C21H24N2O3. The maximum atomic E-state index is 12.2. The number of carbonyl (C=O) groups is 2. The Kier molecular flexibility index (Phi) is 5.89. The van der Waals surface area contributed by atoms with Crippen molar-refractivity contribution < 1.29 is 14.3 Å². The van der Waals surface area contributed by atoms with E-state index in [4.69, 9.17) is 4.74 Å². The van der Waals surface area contributed by atoms with Gasteiger partial charge >= 0.3 is 0 Å². The molecule has 0 atom stereocenters. The normalized spacial score (nSPS) is 14.7. The van der Waals surface area contributed by atoms with Crippen molar-refractivity contribution in [3.05, 3.63) is 59.7 Å². The first-order valence-corrected chi connectivity index (χ1v) is 8.90. The molecule has 1 aliphatic rings. The molecular weight excluding hydrogens is 328 g/mol. The summed E-state index contributed by atoms with van der Waals surface area (Å²) in [5, 5.41) is 2.94. The number of hydrogen-bond donors (Lipinski definition) is 1. The minimum absolute atomic E-state index is 0.0396. The molecule has 1 saturated heterocycles. The molecule has 0 radical (unpaired) electrons. The summed E-state index contributed by atoms with van der Waals surface area (Å²) in [5.41, 5.74) is 3.02. The smallest absolute Gasteiger partial charge is 0.228 e. The Morgan fingerprint density at radius 2 is 1.77 bits per heavy atom. The maximum absolute atomic E-state index is 12.2. The molecule has 0 saturated carbocycles. The molecule has 136 valence electrons. The predicted molar refractivity (Wildman–Crippen MR) is 101 cm³/mol. The minimum Gasteiger partial charge on any atom is -0.497 e. The number of benzene rings is 2. The van der Waals surface area contributed by atoms with Crippen molar-refractivity contribution in [3.8, 4) is 5.75 Å². The van der Waals surface area contributed by atoms with Crippen LogP contribution in [0.15, 0.2) is 48.5 Å². The Labute approximate surface area is 154 Å². The number of likely N-dealkylation sites (tertiary alicyclic amines) is 1. The van der Waals surface area contributed by atoms with Crippen LogP contribution in [0.5, 0.6) is 5.75 Å². The van der Waals surface area contributed by atoms with Gasteiger partial charge in [-0.2, -0.15) is 0 Å². The first-order chi connectivity index (χ1) is 12.7. The van der Waals surface area contributed by atoms with Crippen molar-refractivity contribution >= 4 is 18.0 Å². The van der Waals surface area contributed by atoms with Crippen LogP contribution in [0.25, 0.3) is 0 Å². The van der Waals surface area contributed by atoms with Gasteiger partial charge in [-0.05, 0) is 54.2 Å². The van der Waals surface area contributed by atoms with Crippen LogP contribution in [0.2, 0.25) is 0 Å². The SMILES string of the molecule is COc1ccc(CC(=O)Nc2ccc(C3CCN(C=O)CC3)cc2)cc1. The molecule has 2 aromatic rings. The average Bonchev–Trinajstić information content (AvgIpc) is 2.69. The van der Waals surface area contributed by atoms with Gasteiger partial charge in [0.25, 0.3) is 0 Å². The molecule has 3 rings (SSSR count). The lowest BCUT2D eigenvalue weighted by Crippen LogP contribution is -2.31. The van der Waals surface area contributed by atoms with Crippen LogP contribution in [-0.4, -0.2) is 37.4 Å². The summed E-state index contributed by atoms with van der Waals surface area (Å²) in [4.78, 5) is 24.8. The highest BCUT2D eigenvalue weighted by molar-refractivity contribution is 5.92. The fourth-order valence-electron chi connectivity index (χ4n) is 3.31. The van der Waals surface area contributed by atoms with E-state index < -0.39 is 0 Å². The van der Waals surface area contributed by atoms with Gasteiger partial charge in [0.2, 0.25) is 12.3 Å². The summed E-state index contributed by atoms with van der Waals surface area (Å²) in [5.74, 6) is 1.22. The molecule has 0 bridgehead atoms. The highest BCUT2D eigenvalue weighted by Crippen LogP contribution is 2.28. The van der Waals surface area contributed by atoms with Gasteiger partial charge in [0, 0.05) is 18.8 Å². The standard InChI is InChI=1S/C21H24N2O3/c1-26-20-8-2-16(3-9-20)14-21(25)22-19-6-4-17(5-7-19)18-10-12-23(15-24)13-11-18/h2-9,15,18H,10-14H2,1H3,(H,22,25). The first-order valence-electron chi connectivity index (χ1n) is 8.90. The number of hydrogen-bond acceptors (Lipinski definition) is 3. The highest BCUT2D eigenvalue weighted by atomic mass is 16.5. The van der Waals surface area contributed by atoms with E-state index in [2.05, 4.69) is 17.4 Å². The van der Waals surface area contributed by atoms with E-state index in [1.54, 1.807) is 7.11 Å². The molecule has 0 aliphatic carbocycles.